The molecule has 1 heterocycles. The molecule has 6 nitrogen and oxygen atoms in total. The van der Waals surface area contributed by atoms with E-state index < -0.39 is 0 Å². The third kappa shape index (κ3) is 4.75. The normalized spacial score (nSPS) is 11.4. The summed E-state index contributed by atoms with van der Waals surface area (Å²) in [5, 5.41) is 12.3. The quantitative estimate of drug-likeness (QED) is 0.729. The number of carbonyl (C=O) groups is 1. The van der Waals surface area contributed by atoms with Gasteiger partial charge in [-0.1, -0.05) is 30.8 Å². The van der Waals surface area contributed by atoms with Gasteiger partial charge < -0.3 is 14.6 Å². The molecule has 0 saturated heterocycles. The third-order valence-electron chi connectivity index (χ3n) is 4.07. The van der Waals surface area contributed by atoms with E-state index in [2.05, 4.69) is 22.4 Å². The van der Waals surface area contributed by atoms with Crippen LogP contribution in [0, 0.1) is 0 Å². The molecule has 0 aliphatic rings. The Kier molecular flexibility index (Phi) is 6.47. The number of nitrogens with zero attached hydrogens (tertiary/aromatic N) is 3. The summed E-state index contributed by atoms with van der Waals surface area (Å²) in [5.41, 5.74) is 0.696. The van der Waals surface area contributed by atoms with Crippen LogP contribution in [0.25, 0.3) is 11.4 Å². The zero-order chi connectivity index (χ0) is 18.4. The lowest BCUT2D eigenvalue weighted by Gasteiger charge is -2.24. The molecule has 0 aliphatic heterocycles. The number of hydrogen-bond acceptors (Lipinski definition) is 5. The van der Waals surface area contributed by atoms with Crippen molar-refractivity contribution in [2.24, 2.45) is 0 Å². The maximum Gasteiger partial charge on any atom is 0.230 e. The van der Waals surface area contributed by atoms with Crippen LogP contribution in [0.3, 0.4) is 0 Å². The zero-order valence-corrected chi connectivity index (χ0v) is 16.3. The first-order valence-electron chi connectivity index (χ1n) is 8.42. The number of thioether (sulfide) groups is 1. The molecule has 0 unspecified atom stereocenters. The predicted octanol–water partition coefficient (Wildman–Crippen LogP) is 3.37. The van der Waals surface area contributed by atoms with Crippen molar-refractivity contribution in [1.82, 2.24) is 20.1 Å². The van der Waals surface area contributed by atoms with Crippen LogP contribution in [0.1, 0.15) is 34.1 Å². The molecule has 1 amide bonds. The van der Waals surface area contributed by atoms with Crippen molar-refractivity contribution in [1.29, 1.82) is 0 Å². The first-order valence-corrected chi connectivity index (χ1v) is 9.40. The van der Waals surface area contributed by atoms with E-state index in [1.165, 1.54) is 11.8 Å². The van der Waals surface area contributed by atoms with Gasteiger partial charge in [0.05, 0.1) is 18.4 Å². The van der Waals surface area contributed by atoms with Crippen molar-refractivity contribution in [2.45, 2.75) is 51.4 Å². The van der Waals surface area contributed by atoms with Crippen LogP contribution < -0.4 is 10.1 Å². The molecule has 0 saturated carbocycles. The van der Waals surface area contributed by atoms with Gasteiger partial charge in [0.25, 0.3) is 0 Å². The number of carbonyl (C=O) groups excluding carboxylic acids is 1. The topological polar surface area (TPSA) is 69.0 Å². The standard InChI is InChI=1S/C18H26N4O2S/c1-6-18(3,4)19-15(23)12-25-17-21-20-16(22(17)7-2)13-10-8-9-11-14(13)24-5/h8-11H,6-7,12H2,1-5H3,(H,19,23). The van der Waals surface area contributed by atoms with Crippen LogP contribution in [0.15, 0.2) is 29.4 Å². The molecule has 136 valence electrons. The molecule has 0 aliphatic carbocycles. The van der Waals surface area contributed by atoms with Crippen LogP contribution >= 0.6 is 11.8 Å². The fraction of sp³-hybridized carbons (Fsp3) is 0.500. The largest absolute Gasteiger partial charge is 0.496 e. The molecule has 2 aromatic rings. The van der Waals surface area contributed by atoms with E-state index in [1.54, 1.807) is 7.11 Å². The van der Waals surface area contributed by atoms with Crippen molar-refractivity contribution in [3.63, 3.8) is 0 Å². The number of para-hydroxylation sites is 1. The Balaban J connectivity index is 2.16. The fourth-order valence-electron chi connectivity index (χ4n) is 2.34. The smallest absolute Gasteiger partial charge is 0.230 e. The van der Waals surface area contributed by atoms with Crippen molar-refractivity contribution < 1.29 is 9.53 Å². The number of methoxy groups -OCH3 is 1. The van der Waals surface area contributed by atoms with E-state index in [4.69, 9.17) is 4.74 Å². The Morgan fingerprint density at radius 1 is 1.28 bits per heavy atom. The van der Waals surface area contributed by atoms with Gasteiger partial charge in [-0.3, -0.25) is 4.79 Å². The van der Waals surface area contributed by atoms with Gasteiger partial charge in [-0.25, -0.2) is 0 Å². The molecule has 1 aromatic carbocycles. The number of nitrogens with one attached hydrogen (secondary N) is 1. The second-order valence-electron chi connectivity index (χ2n) is 6.33. The second kappa shape index (κ2) is 8.38. The van der Waals surface area contributed by atoms with Crippen LogP contribution in [0.5, 0.6) is 5.75 Å². The summed E-state index contributed by atoms with van der Waals surface area (Å²) in [6.45, 7) is 8.84. The summed E-state index contributed by atoms with van der Waals surface area (Å²) in [6, 6.07) is 7.72. The number of ether oxygens (including phenoxy) is 1. The summed E-state index contributed by atoms with van der Waals surface area (Å²) in [6.07, 6.45) is 0.881. The van der Waals surface area contributed by atoms with Gasteiger partial charge in [-0.05, 0) is 39.3 Å². The van der Waals surface area contributed by atoms with Crippen LogP contribution in [-0.4, -0.2) is 39.1 Å². The number of hydrogen-bond donors (Lipinski definition) is 1. The molecule has 1 N–H and O–H groups in total. The number of aromatic nitrogens is 3. The van der Waals surface area contributed by atoms with Crippen molar-refractivity contribution in [3.8, 4) is 17.1 Å². The highest BCUT2D eigenvalue weighted by molar-refractivity contribution is 7.99. The fourth-order valence-corrected chi connectivity index (χ4v) is 3.14. The Hall–Kier alpha value is -2.02. The van der Waals surface area contributed by atoms with Gasteiger partial charge in [0.1, 0.15) is 5.75 Å². The monoisotopic (exact) mass is 362 g/mol. The summed E-state index contributed by atoms with van der Waals surface area (Å²) < 4.78 is 7.42. The summed E-state index contributed by atoms with van der Waals surface area (Å²) in [5.74, 6) is 1.81. The molecule has 0 bridgehead atoms. The van der Waals surface area contributed by atoms with Crippen LogP contribution in [0.2, 0.25) is 0 Å². The van der Waals surface area contributed by atoms with E-state index in [0.717, 1.165) is 28.7 Å². The van der Waals surface area contributed by atoms with Gasteiger partial charge in [0.15, 0.2) is 11.0 Å². The minimum absolute atomic E-state index is 0.00125. The van der Waals surface area contributed by atoms with Crippen molar-refractivity contribution >= 4 is 17.7 Å². The lowest BCUT2D eigenvalue weighted by molar-refractivity contribution is -0.120. The van der Waals surface area contributed by atoms with E-state index in [9.17, 15) is 4.79 Å². The van der Waals surface area contributed by atoms with Gasteiger partial charge in [0.2, 0.25) is 5.91 Å². The highest BCUT2D eigenvalue weighted by Crippen LogP contribution is 2.30. The summed E-state index contributed by atoms with van der Waals surface area (Å²) in [4.78, 5) is 12.2. The van der Waals surface area contributed by atoms with E-state index >= 15 is 0 Å². The predicted molar refractivity (Wildman–Crippen MR) is 101 cm³/mol. The summed E-state index contributed by atoms with van der Waals surface area (Å²) >= 11 is 1.40. The maximum atomic E-state index is 12.2. The van der Waals surface area contributed by atoms with Crippen molar-refractivity contribution in [3.05, 3.63) is 24.3 Å². The Labute approximate surface area is 153 Å². The molecule has 0 atom stereocenters. The number of benzene rings is 1. The molecule has 7 heteroatoms. The van der Waals surface area contributed by atoms with E-state index in [0.29, 0.717) is 12.3 Å². The van der Waals surface area contributed by atoms with Gasteiger partial charge >= 0.3 is 0 Å². The zero-order valence-electron chi connectivity index (χ0n) is 15.5. The number of amides is 1. The average Bonchev–Trinajstić information content (AvgIpc) is 3.02. The SMILES string of the molecule is CCn1c(SCC(=O)NC(C)(C)CC)nnc1-c1ccccc1OC. The third-order valence-corrected chi connectivity index (χ3v) is 5.04. The first kappa shape index (κ1) is 19.3. The Morgan fingerprint density at radius 2 is 2.00 bits per heavy atom. The maximum absolute atomic E-state index is 12.2. The molecule has 2 rings (SSSR count). The average molecular weight is 362 g/mol. The second-order valence-corrected chi connectivity index (χ2v) is 7.27. The molecular formula is C18H26N4O2S. The minimum Gasteiger partial charge on any atom is -0.496 e. The molecule has 0 fully saturated rings. The molecule has 0 spiro atoms. The van der Waals surface area contributed by atoms with Gasteiger partial charge in [-0.15, -0.1) is 10.2 Å². The van der Waals surface area contributed by atoms with Crippen LogP contribution in [0.4, 0.5) is 0 Å². The first-order chi connectivity index (χ1) is 11.9. The highest BCUT2D eigenvalue weighted by Gasteiger charge is 2.20. The highest BCUT2D eigenvalue weighted by atomic mass is 32.2. The Bertz CT molecular complexity index is 728. The van der Waals surface area contributed by atoms with Gasteiger partial charge in [0, 0.05) is 12.1 Å². The lowest BCUT2D eigenvalue weighted by atomic mass is 10.0. The summed E-state index contributed by atoms with van der Waals surface area (Å²) in [7, 11) is 1.64. The molecular weight excluding hydrogens is 336 g/mol. The Morgan fingerprint density at radius 3 is 2.64 bits per heavy atom. The minimum atomic E-state index is -0.196. The molecule has 1 aromatic heterocycles. The molecule has 25 heavy (non-hydrogen) atoms. The van der Waals surface area contributed by atoms with E-state index in [1.807, 2.05) is 49.6 Å². The molecule has 0 radical (unpaired) electrons. The lowest BCUT2D eigenvalue weighted by Crippen LogP contribution is -2.43. The van der Waals surface area contributed by atoms with Gasteiger partial charge in [-0.2, -0.15) is 0 Å². The van der Waals surface area contributed by atoms with E-state index in [-0.39, 0.29) is 11.4 Å². The van der Waals surface area contributed by atoms with Crippen LogP contribution in [-0.2, 0) is 11.3 Å². The number of rotatable bonds is 8. The van der Waals surface area contributed by atoms with Crippen molar-refractivity contribution in [2.75, 3.05) is 12.9 Å².